The van der Waals surface area contributed by atoms with Gasteiger partial charge in [0.25, 0.3) is 10.1 Å². The summed E-state index contributed by atoms with van der Waals surface area (Å²) < 4.78 is 24.8. The van der Waals surface area contributed by atoms with Crippen LogP contribution >= 0.6 is 0 Å². The maximum absolute atomic E-state index is 10.6. The number of rotatable bonds is 5. The van der Waals surface area contributed by atoms with Crippen molar-refractivity contribution in [3.8, 4) is 0 Å². The van der Waals surface area contributed by atoms with Crippen LogP contribution in [-0.2, 0) is 23.9 Å². The Kier molecular flexibility index (Phi) is 4.45. The highest BCUT2D eigenvalue weighted by Gasteiger charge is 2.06. The van der Waals surface area contributed by atoms with Gasteiger partial charge in [-0.15, -0.1) is 0 Å². The van der Waals surface area contributed by atoms with Gasteiger partial charge in [0.2, 0.25) is 12.2 Å². The molecule has 6 nitrogen and oxygen atoms in total. The number of nitrogens with one attached hydrogen (secondary N) is 1. The van der Waals surface area contributed by atoms with E-state index in [1.807, 2.05) is 0 Å². The van der Waals surface area contributed by atoms with Crippen LogP contribution in [0.4, 0.5) is 0 Å². The van der Waals surface area contributed by atoms with Gasteiger partial charge in [-0.2, -0.15) is 8.42 Å². The molecule has 0 saturated carbocycles. The van der Waals surface area contributed by atoms with Gasteiger partial charge in [0, 0.05) is 0 Å². The summed E-state index contributed by atoms with van der Waals surface area (Å²) in [6.07, 6.45) is 2.23. The molecular formula is C5H8NO5S. The van der Waals surface area contributed by atoms with E-state index in [0.29, 0.717) is 0 Å². The minimum Gasteiger partial charge on any atom is -0.346 e. The van der Waals surface area contributed by atoms with E-state index in [4.69, 9.17) is 0 Å². The first-order chi connectivity index (χ1) is 5.45. The van der Waals surface area contributed by atoms with Crippen LogP contribution in [0.15, 0.2) is 0 Å². The lowest BCUT2D eigenvalue weighted by Gasteiger charge is -1.99. The minimum atomic E-state index is -3.60. The predicted octanol–water partition coefficient (Wildman–Crippen LogP) is -1.81. The first-order valence-electron chi connectivity index (χ1n) is 2.92. The van der Waals surface area contributed by atoms with Gasteiger partial charge in [-0.05, 0) is 0 Å². The van der Waals surface area contributed by atoms with Crippen molar-refractivity contribution in [2.45, 2.75) is 0 Å². The molecule has 0 saturated heterocycles. The van der Waals surface area contributed by atoms with Gasteiger partial charge in [0.1, 0.15) is 6.61 Å². The van der Waals surface area contributed by atoms with Crippen molar-refractivity contribution in [2.24, 2.45) is 0 Å². The summed E-state index contributed by atoms with van der Waals surface area (Å²) in [5, 5.41) is 2.05. The molecule has 0 aliphatic carbocycles. The number of hydrogen-bond acceptors (Lipinski definition) is 5. The third-order valence-electron chi connectivity index (χ3n) is 0.762. The molecule has 0 heterocycles. The predicted molar refractivity (Wildman–Crippen MR) is 39.5 cm³/mol. The highest BCUT2D eigenvalue weighted by molar-refractivity contribution is 7.86. The Balaban J connectivity index is 3.65. The first-order valence-corrected chi connectivity index (χ1v) is 4.73. The molecule has 1 N–H and O–H groups in total. The minimum absolute atomic E-state index is 0.272. The molecule has 0 rings (SSSR count). The van der Waals surface area contributed by atoms with E-state index in [0.717, 1.165) is 6.26 Å². The summed E-state index contributed by atoms with van der Waals surface area (Å²) in [6, 6.07) is 0. The van der Waals surface area contributed by atoms with Crippen LogP contribution < -0.4 is 5.32 Å². The molecule has 69 valence electrons. The second-order valence-corrected chi connectivity index (χ2v) is 3.53. The number of hydrogen-bond donors (Lipinski definition) is 1. The van der Waals surface area contributed by atoms with Crippen LogP contribution in [0.5, 0.6) is 0 Å². The molecule has 0 aliphatic rings. The Hall–Kier alpha value is -0.950. The van der Waals surface area contributed by atoms with Crippen LogP contribution in [0.1, 0.15) is 0 Å². The molecule has 0 aromatic heterocycles. The average Bonchev–Trinajstić information content (AvgIpc) is 1.95. The number of amides is 1. The lowest BCUT2D eigenvalue weighted by Crippen LogP contribution is -2.29. The molecular weight excluding hydrogens is 186 g/mol. The second kappa shape index (κ2) is 4.83. The van der Waals surface area contributed by atoms with Crippen LogP contribution in [0.25, 0.3) is 0 Å². The van der Waals surface area contributed by atoms with Crippen LogP contribution in [0.3, 0.4) is 0 Å². The average molecular weight is 194 g/mol. The van der Waals surface area contributed by atoms with Crippen molar-refractivity contribution in [1.29, 1.82) is 0 Å². The summed E-state index contributed by atoms with van der Waals surface area (Å²) in [5.41, 5.74) is 0. The first kappa shape index (κ1) is 11.1. The van der Waals surface area contributed by atoms with Crippen LogP contribution in [-0.4, -0.2) is 40.0 Å². The Bertz CT molecular complexity index is 257. The van der Waals surface area contributed by atoms with Crippen molar-refractivity contribution in [2.75, 3.05) is 19.4 Å². The fraction of sp³-hybridized carbons (Fsp3) is 0.600. The molecule has 1 amide bonds. The Morgan fingerprint density at radius 2 is 2.17 bits per heavy atom. The van der Waals surface area contributed by atoms with Gasteiger partial charge in [0.15, 0.2) is 0 Å². The summed E-state index contributed by atoms with van der Waals surface area (Å²) in [4.78, 5) is 20.2. The topological polar surface area (TPSA) is 89.5 Å². The maximum atomic E-state index is 10.6. The highest BCUT2D eigenvalue weighted by Crippen LogP contribution is 1.84. The molecule has 0 fully saturated rings. The Morgan fingerprint density at radius 3 is 2.58 bits per heavy atom. The zero-order valence-corrected chi connectivity index (χ0v) is 7.18. The molecule has 0 bridgehead atoms. The molecule has 0 aliphatic heterocycles. The van der Waals surface area contributed by atoms with E-state index in [9.17, 15) is 18.0 Å². The SMILES string of the molecule is CS(=O)(=O)OCC(=O)NC[C]=O. The van der Waals surface area contributed by atoms with E-state index in [1.165, 1.54) is 6.29 Å². The van der Waals surface area contributed by atoms with Gasteiger partial charge >= 0.3 is 0 Å². The van der Waals surface area contributed by atoms with E-state index in [1.54, 1.807) is 0 Å². The summed E-state index contributed by atoms with van der Waals surface area (Å²) in [5.74, 6) is -0.677. The molecule has 0 aromatic carbocycles. The van der Waals surface area contributed by atoms with Gasteiger partial charge < -0.3 is 5.32 Å². The third-order valence-corrected chi connectivity index (χ3v) is 1.31. The summed E-state index contributed by atoms with van der Waals surface area (Å²) in [7, 11) is -3.60. The van der Waals surface area contributed by atoms with Crippen molar-refractivity contribution < 1.29 is 22.2 Å². The molecule has 12 heavy (non-hydrogen) atoms. The molecule has 7 heteroatoms. The summed E-state index contributed by atoms with van der Waals surface area (Å²) >= 11 is 0. The highest BCUT2D eigenvalue weighted by atomic mass is 32.2. The quantitative estimate of drug-likeness (QED) is 0.521. The number of carbonyl (C=O) groups is 1. The summed E-state index contributed by atoms with van der Waals surface area (Å²) in [6.45, 7) is -0.882. The van der Waals surface area contributed by atoms with Crippen molar-refractivity contribution in [3.05, 3.63) is 0 Å². The van der Waals surface area contributed by atoms with E-state index in [-0.39, 0.29) is 6.54 Å². The van der Waals surface area contributed by atoms with Crippen molar-refractivity contribution in [1.82, 2.24) is 5.32 Å². The normalized spacial score (nSPS) is 10.8. The van der Waals surface area contributed by atoms with Crippen molar-refractivity contribution in [3.63, 3.8) is 0 Å². The zero-order valence-electron chi connectivity index (χ0n) is 6.36. The monoisotopic (exact) mass is 194 g/mol. The van der Waals surface area contributed by atoms with Gasteiger partial charge in [0.05, 0.1) is 12.8 Å². The van der Waals surface area contributed by atoms with Gasteiger partial charge in [-0.1, -0.05) is 0 Å². The van der Waals surface area contributed by atoms with Gasteiger partial charge in [-0.3, -0.25) is 13.8 Å². The molecule has 0 atom stereocenters. The molecule has 1 radical (unpaired) electrons. The standard InChI is InChI=1S/C5H8NO5S/c1-12(9,10)11-4-5(8)6-2-3-7/h2,4H2,1H3,(H,6,8). The van der Waals surface area contributed by atoms with Crippen molar-refractivity contribution >= 4 is 22.3 Å². The molecule has 0 spiro atoms. The lowest BCUT2D eigenvalue weighted by atomic mass is 10.6. The zero-order chi connectivity index (χ0) is 9.61. The van der Waals surface area contributed by atoms with Crippen LogP contribution in [0, 0.1) is 0 Å². The third kappa shape index (κ3) is 7.16. The van der Waals surface area contributed by atoms with Gasteiger partial charge in [-0.25, -0.2) is 0 Å². The lowest BCUT2D eigenvalue weighted by molar-refractivity contribution is -0.122. The van der Waals surface area contributed by atoms with Crippen LogP contribution in [0.2, 0.25) is 0 Å². The van der Waals surface area contributed by atoms with E-state index >= 15 is 0 Å². The molecule has 0 unspecified atom stereocenters. The largest absolute Gasteiger partial charge is 0.346 e. The number of carbonyl (C=O) groups excluding carboxylic acids is 2. The van der Waals surface area contributed by atoms with E-state index < -0.39 is 22.6 Å². The molecule has 0 aromatic rings. The fourth-order valence-corrected chi connectivity index (χ4v) is 0.667. The van der Waals surface area contributed by atoms with E-state index in [2.05, 4.69) is 9.50 Å². The smallest absolute Gasteiger partial charge is 0.264 e. The fourth-order valence-electron chi connectivity index (χ4n) is 0.346. The maximum Gasteiger partial charge on any atom is 0.264 e. The Morgan fingerprint density at radius 1 is 1.58 bits per heavy atom. The second-order valence-electron chi connectivity index (χ2n) is 1.89. The Labute approximate surface area is 70.0 Å².